The molecule has 2 aromatic rings. The lowest BCUT2D eigenvalue weighted by molar-refractivity contribution is -0.118. The lowest BCUT2D eigenvalue weighted by Crippen LogP contribution is -2.31. The molecule has 0 saturated carbocycles. The number of aromatic nitrogens is 1. The SMILES string of the molecule is CN1C(=O)CCc2cc(Sc3nccs3)c(F)cc21. The van der Waals surface area contributed by atoms with Crippen LogP contribution in [-0.4, -0.2) is 17.9 Å². The van der Waals surface area contributed by atoms with E-state index in [1.165, 1.54) is 34.1 Å². The summed E-state index contributed by atoms with van der Waals surface area (Å²) in [4.78, 5) is 17.8. The predicted octanol–water partition coefficient (Wildman–Crippen LogP) is 3.34. The Morgan fingerprint density at radius 2 is 2.26 bits per heavy atom. The number of carbonyl (C=O) groups excluding carboxylic acids is 1. The topological polar surface area (TPSA) is 33.2 Å². The Morgan fingerprint density at radius 3 is 3.00 bits per heavy atom. The maximum atomic E-state index is 14.1. The molecule has 0 atom stereocenters. The number of benzene rings is 1. The highest BCUT2D eigenvalue weighted by atomic mass is 32.2. The van der Waals surface area contributed by atoms with E-state index < -0.39 is 0 Å². The monoisotopic (exact) mass is 294 g/mol. The molecule has 1 aliphatic heterocycles. The van der Waals surface area contributed by atoms with Crippen molar-refractivity contribution in [2.24, 2.45) is 0 Å². The molecule has 3 rings (SSSR count). The standard InChI is InChI=1S/C13H11FN2OS2/c1-16-10-7-9(14)11(19-13-15-4-5-18-13)6-8(10)2-3-12(16)17/h4-7H,2-3H2,1H3. The van der Waals surface area contributed by atoms with Crippen molar-refractivity contribution in [1.82, 2.24) is 4.98 Å². The van der Waals surface area contributed by atoms with Gasteiger partial charge in [-0.3, -0.25) is 4.79 Å². The van der Waals surface area contributed by atoms with Gasteiger partial charge in [0.2, 0.25) is 5.91 Å². The number of anilines is 1. The summed E-state index contributed by atoms with van der Waals surface area (Å²) in [5.41, 5.74) is 1.69. The zero-order valence-electron chi connectivity index (χ0n) is 10.2. The van der Waals surface area contributed by atoms with Gasteiger partial charge in [-0.2, -0.15) is 0 Å². The molecule has 0 spiro atoms. The zero-order valence-corrected chi connectivity index (χ0v) is 11.9. The summed E-state index contributed by atoms with van der Waals surface area (Å²) in [6.07, 6.45) is 2.86. The molecule has 6 heteroatoms. The van der Waals surface area contributed by atoms with Gasteiger partial charge in [0.05, 0.1) is 4.90 Å². The van der Waals surface area contributed by atoms with Crippen molar-refractivity contribution in [3.63, 3.8) is 0 Å². The number of fused-ring (bicyclic) bond motifs is 1. The average Bonchev–Trinajstić information content (AvgIpc) is 2.89. The molecule has 0 saturated heterocycles. The lowest BCUT2D eigenvalue weighted by atomic mass is 10.0. The Morgan fingerprint density at radius 1 is 1.42 bits per heavy atom. The largest absolute Gasteiger partial charge is 0.315 e. The van der Waals surface area contributed by atoms with Crippen molar-refractivity contribution in [2.45, 2.75) is 22.1 Å². The first kappa shape index (κ1) is 12.6. The smallest absolute Gasteiger partial charge is 0.227 e. The van der Waals surface area contributed by atoms with Crippen molar-refractivity contribution in [2.75, 3.05) is 11.9 Å². The van der Waals surface area contributed by atoms with Crippen LogP contribution in [-0.2, 0) is 11.2 Å². The van der Waals surface area contributed by atoms with Crippen LogP contribution in [0.1, 0.15) is 12.0 Å². The number of aryl methyl sites for hydroxylation is 1. The minimum absolute atomic E-state index is 0.0345. The molecule has 3 nitrogen and oxygen atoms in total. The average molecular weight is 294 g/mol. The van der Waals surface area contributed by atoms with E-state index in [2.05, 4.69) is 4.98 Å². The summed E-state index contributed by atoms with van der Waals surface area (Å²) >= 11 is 2.81. The molecule has 0 N–H and O–H groups in total. The second-order valence-electron chi connectivity index (χ2n) is 4.26. The third-order valence-corrected chi connectivity index (χ3v) is 5.00. The lowest BCUT2D eigenvalue weighted by Gasteiger charge is -2.26. The van der Waals surface area contributed by atoms with Crippen LogP contribution in [0.4, 0.5) is 10.1 Å². The maximum absolute atomic E-state index is 14.1. The molecule has 1 aromatic heterocycles. The third-order valence-electron chi connectivity index (χ3n) is 3.08. The molecule has 0 fully saturated rings. The molecule has 1 aliphatic rings. The van der Waals surface area contributed by atoms with E-state index in [1.54, 1.807) is 13.2 Å². The van der Waals surface area contributed by atoms with Crippen LogP contribution in [0, 0.1) is 5.82 Å². The van der Waals surface area contributed by atoms with Crippen LogP contribution in [0.2, 0.25) is 0 Å². The Balaban J connectivity index is 1.98. The number of thiazole rings is 1. The molecule has 0 bridgehead atoms. The second kappa shape index (κ2) is 4.94. The molecule has 19 heavy (non-hydrogen) atoms. The second-order valence-corrected chi connectivity index (χ2v) is 6.45. The number of rotatable bonds is 2. The summed E-state index contributed by atoms with van der Waals surface area (Å²) in [6, 6.07) is 3.28. The van der Waals surface area contributed by atoms with E-state index in [1.807, 2.05) is 11.4 Å². The summed E-state index contributed by atoms with van der Waals surface area (Å²) < 4.78 is 14.9. The number of carbonyl (C=O) groups is 1. The molecule has 0 aliphatic carbocycles. The molecule has 1 amide bonds. The molecule has 1 aromatic carbocycles. The molecule has 2 heterocycles. The van der Waals surface area contributed by atoms with Gasteiger partial charge < -0.3 is 4.90 Å². The van der Waals surface area contributed by atoms with Crippen LogP contribution in [0.3, 0.4) is 0 Å². The summed E-state index contributed by atoms with van der Waals surface area (Å²) in [7, 11) is 1.69. The maximum Gasteiger partial charge on any atom is 0.227 e. The molecule has 98 valence electrons. The first-order chi connectivity index (χ1) is 9.15. The number of hydrogen-bond donors (Lipinski definition) is 0. The normalized spacial score (nSPS) is 14.6. The minimum atomic E-state index is -0.305. The Hall–Kier alpha value is -1.40. The summed E-state index contributed by atoms with van der Waals surface area (Å²) in [6.45, 7) is 0. The first-order valence-electron chi connectivity index (χ1n) is 5.81. The van der Waals surface area contributed by atoms with E-state index in [-0.39, 0.29) is 11.7 Å². The van der Waals surface area contributed by atoms with Gasteiger partial charge in [0.25, 0.3) is 0 Å². The zero-order chi connectivity index (χ0) is 13.4. The quantitative estimate of drug-likeness (QED) is 0.851. The minimum Gasteiger partial charge on any atom is -0.315 e. The van der Waals surface area contributed by atoms with Gasteiger partial charge in [0.15, 0.2) is 4.34 Å². The number of halogens is 1. The van der Waals surface area contributed by atoms with Crippen molar-refractivity contribution < 1.29 is 9.18 Å². The van der Waals surface area contributed by atoms with Gasteiger partial charge in [-0.1, -0.05) is 11.8 Å². The van der Waals surface area contributed by atoms with Gasteiger partial charge >= 0.3 is 0 Å². The van der Waals surface area contributed by atoms with Crippen molar-refractivity contribution >= 4 is 34.7 Å². The highest BCUT2D eigenvalue weighted by Crippen LogP contribution is 2.36. The van der Waals surface area contributed by atoms with E-state index >= 15 is 0 Å². The van der Waals surface area contributed by atoms with Crippen LogP contribution in [0.25, 0.3) is 0 Å². The Labute approximate surface area is 118 Å². The highest BCUT2D eigenvalue weighted by Gasteiger charge is 2.23. The molecule has 0 unspecified atom stereocenters. The van der Waals surface area contributed by atoms with Crippen molar-refractivity contribution in [3.05, 3.63) is 35.1 Å². The number of hydrogen-bond acceptors (Lipinski definition) is 4. The number of amides is 1. The molecular formula is C13H11FN2OS2. The first-order valence-corrected chi connectivity index (χ1v) is 7.51. The van der Waals surface area contributed by atoms with E-state index in [9.17, 15) is 9.18 Å². The fourth-order valence-electron chi connectivity index (χ4n) is 2.07. The van der Waals surface area contributed by atoms with E-state index in [4.69, 9.17) is 0 Å². The van der Waals surface area contributed by atoms with Gasteiger partial charge in [-0.05, 0) is 24.1 Å². The van der Waals surface area contributed by atoms with Crippen LogP contribution >= 0.6 is 23.1 Å². The van der Waals surface area contributed by atoms with Crippen LogP contribution in [0.5, 0.6) is 0 Å². The fraction of sp³-hybridized carbons (Fsp3) is 0.231. The number of nitrogens with zero attached hydrogens (tertiary/aromatic N) is 2. The predicted molar refractivity (Wildman–Crippen MR) is 74.4 cm³/mol. The van der Waals surface area contributed by atoms with Gasteiger partial charge in [0.1, 0.15) is 5.82 Å². The Bertz CT molecular complexity index is 628. The highest BCUT2D eigenvalue weighted by molar-refractivity contribution is 8.01. The Kier molecular flexibility index (Phi) is 3.28. The van der Waals surface area contributed by atoms with Gasteiger partial charge in [-0.15, -0.1) is 11.3 Å². The van der Waals surface area contributed by atoms with Crippen molar-refractivity contribution in [1.29, 1.82) is 0 Å². The summed E-state index contributed by atoms with van der Waals surface area (Å²) in [5.74, 6) is -0.271. The summed E-state index contributed by atoms with van der Waals surface area (Å²) in [5, 5.41) is 1.87. The van der Waals surface area contributed by atoms with Crippen molar-refractivity contribution in [3.8, 4) is 0 Å². The molecule has 0 radical (unpaired) electrons. The third kappa shape index (κ3) is 2.37. The van der Waals surface area contributed by atoms with Crippen LogP contribution in [0.15, 0.2) is 32.9 Å². The molecular weight excluding hydrogens is 283 g/mol. The van der Waals surface area contributed by atoms with Gasteiger partial charge in [0, 0.05) is 30.7 Å². The fourth-order valence-corrected chi connectivity index (χ4v) is 3.72. The van der Waals surface area contributed by atoms with Gasteiger partial charge in [-0.25, -0.2) is 9.37 Å². The van der Waals surface area contributed by atoms with E-state index in [0.29, 0.717) is 23.4 Å². The van der Waals surface area contributed by atoms with E-state index in [0.717, 1.165) is 9.90 Å². The van der Waals surface area contributed by atoms with Crippen LogP contribution < -0.4 is 4.90 Å².